The summed E-state index contributed by atoms with van der Waals surface area (Å²) in [5.74, 6) is 0.213. The van der Waals surface area contributed by atoms with Gasteiger partial charge in [-0.2, -0.15) is 10.2 Å². The monoisotopic (exact) mass is 343 g/mol. The van der Waals surface area contributed by atoms with Crippen molar-refractivity contribution < 1.29 is 4.79 Å². The highest BCUT2D eigenvalue weighted by Crippen LogP contribution is 2.36. The number of hydrogen-bond donors (Lipinski definition) is 0. The van der Waals surface area contributed by atoms with Crippen LogP contribution < -0.4 is 0 Å². The molecule has 2 unspecified atom stereocenters. The van der Waals surface area contributed by atoms with E-state index in [1.165, 1.54) is 5.56 Å². The molecule has 2 atom stereocenters. The maximum Gasteiger partial charge on any atom is 0.225 e. The summed E-state index contributed by atoms with van der Waals surface area (Å²) in [5, 5.41) is 9.07. The van der Waals surface area contributed by atoms with E-state index >= 15 is 0 Å². The van der Waals surface area contributed by atoms with Gasteiger partial charge in [0, 0.05) is 37.0 Å². The Balaban J connectivity index is 1.78. The number of carbonyl (C=O) groups excluding carboxylic acids is 1. The second-order valence-corrected chi connectivity index (χ2v) is 7.38. The van der Waals surface area contributed by atoms with E-state index in [9.17, 15) is 4.79 Å². The van der Waals surface area contributed by atoms with E-state index in [2.05, 4.69) is 35.0 Å². The third kappa shape index (κ3) is 3.22. The SMILES string of the molecule is Cc1cc(C)n(C(C)CC(=O)N2CCCC2c2c(C)nn(C)c2C)n1. The molecule has 6 nitrogen and oxygen atoms in total. The number of carbonyl (C=O) groups is 1. The van der Waals surface area contributed by atoms with Gasteiger partial charge >= 0.3 is 0 Å². The molecule has 0 bridgehead atoms. The Morgan fingerprint density at radius 3 is 2.56 bits per heavy atom. The number of amides is 1. The van der Waals surface area contributed by atoms with Crippen molar-refractivity contribution in [2.24, 2.45) is 7.05 Å². The van der Waals surface area contributed by atoms with Crippen molar-refractivity contribution in [3.8, 4) is 0 Å². The molecular formula is C19H29N5O. The van der Waals surface area contributed by atoms with Crippen LogP contribution in [0.1, 0.15) is 66.6 Å². The van der Waals surface area contributed by atoms with Crippen molar-refractivity contribution in [3.05, 3.63) is 34.4 Å². The van der Waals surface area contributed by atoms with Crippen molar-refractivity contribution in [1.29, 1.82) is 0 Å². The summed E-state index contributed by atoms with van der Waals surface area (Å²) in [5.41, 5.74) is 5.53. The summed E-state index contributed by atoms with van der Waals surface area (Å²) < 4.78 is 3.89. The number of rotatable bonds is 4. The lowest BCUT2D eigenvalue weighted by atomic mass is 10.0. The molecule has 3 rings (SSSR count). The smallest absolute Gasteiger partial charge is 0.225 e. The molecule has 2 aromatic rings. The minimum atomic E-state index is 0.0681. The summed E-state index contributed by atoms with van der Waals surface area (Å²) in [4.78, 5) is 15.1. The first kappa shape index (κ1) is 17.7. The van der Waals surface area contributed by atoms with E-state index in [-0.39, 0.29) is 18.0 Å². The van der Waals surface area contributed by atoms with E-state index in [0.29, 0.717) is 6.42 Å². The van der Waals surface area contributed by atoms with Gasteiger partial charge in [-0.3, -0.25) is 14.2 Å². The van der Waals surface area contributed by atoms with E-state index in [1.54, 1.807) is 0 Å². The Bertz CT molecular complexity index is 788. The fourth-order valence-electron chi connectivity index (χ4n) is 4.19. The Hall–Kier alpha value is -2.11. The predicted molar refractivity (Wildman–Crippen MR) is 97.4 cm³/mol. The summed E-state index contributed by atoms with van der Waals surface area (Å²) in [6.45, 7) is 11.1. The van der Waals surface area contributed by atoms with E-state index in [1.807, 2.05) is 37.2 Å². The molecule has 136 valence electrons. The topological polar surface area (TPSA) is 56.0 Å². The van der Waals surface area contributed by atoms with Gasteiger partial charge in [-0.1, -0.05) is 0 Å². The van der Waals surface area contributed by atoms with Gasteiger partial charge in [-0.25, -0.2) is 0 Å². The molecule has 6 heteroatoms. The van der Waals surface area contributed by atoms with Crippen molar-refractivity contribution >= 4 is 5.91 Å². The van der Waals surface area contributed by atoms with Crippen LogP contribution in [0.4, 0.5) is 0 Å². The molecule has 0 aromatic carbocycles. The molecule has 25 heavy (non-hydrogen) atoms. The maximum atomic E-state index is 13.0. The lowest BCUT2D eigenvalue weighted by Crippen LogP contribution is -2.32. The molecule has 0 aliphatic carbocycles. The van der Waals surface area contributed by atoms with Crippen LogP contribution in [-0.4, -0.2) is 36.9 Å². The third-order valence-electron chi connectivity index (χ3n) is 5.40. The normalized spacial score (nSPS) is 18.8. The molecule has 0 N–H and O–H groups in total. The molecule has 1 fully saturated rings. The van der Waals surface area contributed by atoms with Crippen LogP contribution in [0.2, 0.25) is 0 Å². The number of nitrogens with zero attached hydrogens (tertiary/aromatic N) is 5. The molecule has 0 radical (unpaired) electrons. The van der Waals surface area contributed by atoms with Gasteiger partial charge in [0.2, 0.25) is 5.91 Å². The molecule has 1 saturated heterocycles. The second-order valence-electron chi connectivity index (χ2n) is 7.38. The van der Waals surface area contributed by atoms with Gasteiger partial charge in [0.15, 0.2) is 0 Å². The summed E-state index contributed by atoms with van der Waals surface area (Å²) in [7, 11) is 1.97. The fraction of sp³-hybridized carbons (Fsp3) is 0.632. The fourth-order valence-corrected chi connectivity index (χ4v) is 4.19. The minimum Gasteiger partial charge on any atom is -0.335 e. The Kier molecular flexibility index (Phi) is 4.71. The van der Waals surface area contributed by atoms with Crippen LogP contribution in [0.5, 0.6) is 0 Å². The predicted octanol–water partition coefficient (Wildman–Crippen LogP) is 3.17. The van der Waals surface area contributed by atoms with Crippen LogP contribution in [0.3, 0.4) is 0 Å². The van der Waals surface area contributed by atoms with Gasteiger partial charge in [0.25, 0.3) is 0 Å². The Morgan fingerprint density at radius 2 is 2.00 bits per heavy atom. The van der Waals surface area contributed by atoms with Crippen LogP contribution in [0.25, 0.3) is 0 Å². The summed E-state index contributed by atoms with van der Waals surface area (Å²) in [6, 6.07) is 2.29. The number of likely N-dealkylation sites (tertiary alicyclic amines) is 1. The lowest BCUT2D eigenvalue weighted by molar-refractivity contribution is -0.133. The van der Waals surface area contributed by atoms with Crippen molar-refractivity contribution in [1.82, 2.24) is 24.5 Å². The summed E-state index contributed by atoms with van der Waals surface area (Å²) in [6.07, 6.45) is 2.56. The van der Waals surface area contributed by atoms with Crippen LogP contribution in [0, 0.1) is 27.7 Å². The first-order chi connectivity index (χ1) is 11.8. The number of aromatic nitrogens is 4. The Labute approximate surface area is 149 Å². The van der Waals surface area contributed by atoms with Gasteiger partial charge in [-0.15, -0.1) is 0 Å². The highest BCUT2D eigenvalue weighted by Gasteiger charge is 2.34. The quantitative estimate of drug-likeness (QED) is 0.857. The zero-order valence-electron chi connectivity index (χ0n) is 16.2. The lowest BCUT2D eigenvalue weighted by Gasteiger charge is -2.27. The first-order valence-electron chi connectivity index (χ1n) is 9.12. The third-order valence-corrected chi connectivity index (χ3v) is 5.40. The average Bonchev–Trinajstić information content (AvgIpc) is 3.19. The van der Waals surface area contributed by atoms with E-state index in [4.69, 9.17) is 0 Å². The van der Waals surface area contributed by atoms with Crippen LogP contribution in [0.15, 0.2) is 6.07 Å². The first-order valence-corrected chi connectivity index (χ1v) is 9.12. The highest BCUT2D eigenvalue weighted by molar-refractivity contribution is 5.77. The number of aryl methyl sites for hydroxylation is 4. The molecule has 0 saturated carbocycles. The largest absolute Gasteiger partial charge is 0.335 e. The average molecular weight is 343 g/mol. The van der Waals surface area contributed by atoms with Crippen molar-refractivity contribution in [2.45, 2.75) is 66.0 Å². The number of hydrogen-bond acceptors (Lipinski definition) is 3. The van der Waals surface area contributed by atoms with Gasteiger partial charge in [0.05, 0.1) is 23.5 Å². The van der Waals surface area contributed by atoms with Gasteiger partial charge in [0.1, 0.15) is 0 Å². The second kappa shape index (κ2) is 6.65. The van der Waals surface area contributed by atoms with Gasteiger partial charge < -0.3 is 4.90 Å². The standard InChI is InChI=1S/C19H29N5O/c1-12-10-13(2)24(20-12)14(3)11-18(25)23-9-7-8-17(23)19-15(4)21-22(6)16(19)5/h10,14,17H,7-9,11H2,1-6H3. The molecule has 2 aromatic heterocycles. The molecule has 1 aliphatic heterocycles. The summed E-state index contributed by atoms with van der Waals surface area (Å²) >= 11 is 0. The molecule has 3 heterocycles. The van der Waals surface area contributed by atoms with Gasteiger partial charge in [-0.05, 0) is 53.5 Å². The molecule has 1 aliphatic rings. The van der Waals surface area contributed by atoms with Crippen LogP contribution in [-0.2, 0) is 11.8 Å². The Morgan fingerprint density at radius 1 is 1.28 bits per heavy atom. The minimum absolute atomic E-state index is 0.0681. The highest BCUT2D eigenvalue weighted by atomic mass is 16.2. The zero-order valence-corrected chi connectivity index (χ0v) is 16.2. The molecule has 0 spiro atoms. The van der Waals surface area contributed by atoms with Crippen molar-refractivity contribution in [3.63, 3.8) is 0 Å². The zero-order chi connectivity index (χ0) is 18.3. The molecular weight excluding hydrogens is 314 g/mol. The van der Waals surface area contributed by atoms with E-state index < -0.39 is 0 Å². The maximum absolute atomic E-state index is 13.0. The molecule has 1 amide bonds. The van der Waals surface area contributed by atoms with Crippen LogP contribution >= 0.6 is 0 Å². The van der Waals surface area contributed by atoms with E-state index in [0.717, 1.165) is 42.2 Å². The van der Waals surface area contributed by atoms with Crippen molar-refractivity contribution in [2.75, 3.05) is 6.54 Å².